The van der Waals surface area contributed by atoms with Crippen molar-refractivity contribution in [3.05, 3.63) is 35.4 Å². The quantitative estimate of drug-likeness (QED) is 0.719. The van der Waals surface area contributed by atoms with E-state index < -0.39 is 0 Å². The van der Waals surface area contributed by atoms with Gasteiger partial charge >= 0.3 is 0 Å². The zero-order chi connectivity index (χ0) is 20.4. The second-order valence-corrected chi connectivity index (χ2v) is 7.71. The Morgan fingerprint density at radius 3 is 2.72 bits per heavy atom. The predicted molar refractivity (Wildman–Crippen MR) is 112 cm³/mol. The first-order chi connectivity index (χ1) is 14.1. The van der Waals surface area contributed by atoms with Gasteiger partial charge in [0.25, 0.3) is 0 Å². The summed E-state index contributed by atoms with van der Waals surface area (Å²) in [6, 6.07) is 8.08. The number of ether oxygens (including phenoxy) is 1. The summed E-state index contributed by atoms with van der Waals surface area (Å²) in [6.07, 6.45) is 3.56. The van der Waals surface area contributed by atoms with Crippen LogP contribution in [-0.4, -0.2) is 39.2 Å². The van der Waals surface area contributed by atoms with E-state index >= 15 is 0 Å². The van der Waals surface area contributed by atoms with Crippen molar-refractivity contribution in [2.45, 2.75) is 33.1 Å². The van der Waals surface area contributed by atoms with Crippen LogP contribution in [0.5, 0.6) is 5.75 Å². The van der Waals surface area contributed by atoms with E-state index in [1.54, 1.807) is 0 Å². The van der Waals surface area contributed by atoms with Crippen molar-refractivity contribution in [3.8, 4) is 23.1 Å². The molecule has 0 amide bonds. The number of nitrogens with one attached hydrogen (secondary N) is 1. The fraction of sp³-hybridized carbons (Fsp3) is 0.455. The highest BCUT2D eigenvalue weighted by Crippen LogP contribution is 2.30. The van der Waals surface area contributed by atoms with Crippen LogP contribution in [0.15, 0.2) is 18.2 Å². The number of nitriles is 1. The van der Waals surface area contributed by atoms with E-state index in [9.17, 15) is 5.26 Å². The fourth-order valence-electron chi connectivity index (χ4n) is 3.89. The number of fused-ring (bicyclic) bond motifs is 1. The van der Waals surface area contributed by atoms with Crippen LogP contribution in [0.25, 0.3) is 22.4 Å². The van der Waals surface area contributed by atoms with Crippen molar-refractivity contribution < 1.29 is 4.74 Å². The van der Waals surface area contributed by atoms with Crippen molar-refractivity contribution in [2.75, 3.05) is 19.7 Å². The SMILES string of the molecule is Cc1cc(-c2nc(C#N)nc3c2nc(C)n3C)ccc1OCCC1CCNCC1. The molecule has 3 heterocycles. The molecule has 1 aliphatic rings. The summed E-state index contributed by atoms with van der Waals surface area (Å²) in [5, 5.41) is 12.7. The summed E-state index contributed by atoms with van der Waals surface area (Å²) in [7, 11) is 1.90. The average molecular weight is 390 g/mol. The van der Waals surface area contributed by atoms with Gasteiger partial charge in [0, 0.05) is 12.6 Å². The van der Waals surface area contributed by atoms with Crippen molar-refractivity contribution in [1.82, 2.24) is 24.8 Å². The lowest BCUT2D eigenvalue weighted by atomic mass is 9.95. The van der Waals surface area contributed by atoms with Crippen LogP contribution in [0.4, 0.5) is 0 Å². The van der Waals surface area contributed by atoms with E-state index in [4.69, 9.17) is 4.74 Å². The maximum atomic E-state index is 9.34. The minimum atomic E-state index is 0.149. The Kier molecular flexibility index (Phi) is 5.45. The van der Waals surface area contributed by atoms with Crippen molar-refractivity contribution >= 4 is 11.2 Å². The van der Waals surface area contributed by atoms with Crippen LogP contribution in [0.2, 0.25) is 0 Å². The van der Waals surface area contributed by atoms with Gasteiger partial charge in [0.05, 0.1) is 6.61 Å². The average Bonchev–Trinajstić information content (AvgIpc) is 3.03. The number of hydrogen-bond acceptors (Lipinski definition) is 6. The number of aromatic nitrogens is 4. The lowest BCUT2D eigenvalue weighted by molar-refractivity contribution is 0.251. The molecule has 1 N–H and O–H groups in total. The molecule has 29 heavy (non-hydrogen) atoms. The van der Waals surface area contributed by atoms with Crippen molar-refractivity contribution in [1.29, 1.82) is 5.26 Å². The Morgan fingerprint density at radius 1 is 1.21 bits per heavy atom. The molecule has 0 radical (unpaired) electrons. The highest BCUT2D eigenvalue weighted by molar-refractivity contribution is 5.88. The van der Waals surface area contributed by atoms with Crippen LogP contribution in [0, 0.1) is 31.1 Å². The molecule has 0 aliphatic carbocycles. The number of imidazole rings is 1. The second-order valence-electron chi connectivity index (χ2n) is 7.71. The van der Waals surface area contributed by atoms with Crippen LogP contribution >= 0.6 is 0 Å². The summed E-state index contributed by atoms with van der Waals surface area (Å²) in [5.74, 6) is 2.63. The molecule has 0 bridgehead atoms. The first kappa shape index (κ1) is 19.3. The highest BCUT2D eigenvalue weighted by Gasteiger charge is 2.17. The molecule has 0 unspecified atom stereocenters. The van der Waals surface area contributed by atoms with Gasteiger partial charge in [0.1, 0.15) is 28.9 Å². The Bertz CT molecular complexity index is 1080. The third-order valence-corrected chi connectivity index (χ3v) is 5.73. The molecule has 4 rings (SSSR count). The molecule has 0 spiro atoms. The molecule has 150 valence electrons. The number of piperidine rings is 1. The number of aryl methyl sites for hydroxylation is 3. The van der Waals surface area contributed by atoms with Crippen LogP contribution in [0.1, 0.15) is 36.5 Å². The van der Waals surface area contributed by atoms with Gasteiger partial charge in [-0.05, 0) is 75.9 Å². The smallest absolute Gasteiger partial charge is 0.234 e. The molecular formula is C22H26N6O. The molecule has 0 atom stereocenters. The van der Waals surface area contributed by atoms with Gasteiger partial charge in [0.2, 0.25) is 5.82 Å². The lowest BCUT2D eigenvalue weighted by Crippen LogP contribution is -2.28. The Morgan fingerprint density at radius 2 is 2.00 bits per heavy atom. The molecule has 1 aromatic carbocycles. The number of rotatable bonds is 5. The minimum Gasteiger partial charge on any atom is -0.493 e. The molecule has 1 fully saturated rings. The van der Waals surface area contributed by atoms with Gasteiger partial charge in [-0.15, -0.1) is 0 Å². The summed E-state index contributed by atoms with van der Waals surface area (Å²) >= 11 is 0. The molecule has 3 aromatic rings. The van der Waals surface area contributed by atoms with Gasteiger partial charge in [-0.25, -0.2) is 9.97 Å². The molecule has 1 saturated heterocycles. The number of benzene rings is 1. The maximum absolute atomic E-state index is 9.34. The zero-order valence-corrected chi connectivity index (χ0v) is 17.2. The molecule has 7 heteroatoms. The van der Waals surface area contributed by atoms with E-state index in [0.29, 0.717) is 16.9 Å². The van der Waals surface area contributed by atoms with Crippen molar-refractivity contribution in [3.63, 3.8) is 0 Å². The summed E-state index contributed by atoms with van der Waals surface area (Å²) in [4.78, 5) is 13.4. The Balaban J connectivity index is 1.58. The van der Waals surface area contributed by atoms with E-state index in [2.05, 4.69) is 26.3 Å². The third kappa shape index (κ3) is 3.94. The largest absolute Gasteiger partial charge is 0.493 e. The number of hydrogen-bond donors (Lipinski definition) is 1. The molecule has 2 aromatic heterocycles. The summed E-state index contributed by atoms with van der Waals surface area (Å²) < 4.78 is 7.94. The summed E-state index contributed by atoms with van der Waals surface area (Å²) in [6.45, 7) is 6.92. The van der Waals surface area contributed by atoms with Crippen LogP contribution in [0.3, 0.4) is 0 Å². The van der Waals surface area contributed by atoms with Crippen LogP contribution < -0.4 is 10.1 Å². The van der Waals surface area contributed by atoms with Gasteiger partial charge in [-0.3, -0.25) is 0 Å². The van der Waals surface area contributed by atoms with Crippen LogP contribution in [-0.2, 0) is 7.05 Å². The molecule has 1 aliphatic heterocycles. The standard InChI is InChI=1S/C22H26N6O/c1-14-12-17(4-5-18(14)29-11-8-16-6-9-24-10-7-16)20-21-22(27-19(13-23)26-20)28(3)15(2)25-21/h4-5,12,16,24H,6-11H2,1-3H3. The number of nitrogens with zero attached hydrogens (tertiary/aromatic N) is 5. The topological polar surface area (TPSA) is 88.7 Å². The van der Waals surface area contributed by atoms with E-state index in [-0.39, 0.29) is 5.82 Å². The first-order valence-electron chi connectivity index (χ1n) is 10.1. The van der Waals surface area contributed by atoms with Crippen molar-refractivity contribution in [2.24, 2.45) is 13.0 Å². The van der Waals surface area contributed by atoms with Gasteiger partial charge in [0.15, 0.2) is 5.65 Å². The van der Waals surface area contributed by atoms with Gasteiger partial charge in [-0.2, -0.15) is 10.2 Å². The minimum absolute atomic E-state index is 0.149. The first-order valence-corrected chi connectivity index (χ1v) is 10.1. The van der Waals surface area contributed by atoms with E-state index in [0.717, 1.165) is 54.7 Å². The van der Waals surface area contributed by atoms with E-state index in [1.165, 1.54) is 12.8 Å². The van der Waals surface area contributed by atoms with E-state index in [1.807, 2.05) is 43.7 Å². The van der Waals surface area contributed by atoms with Gasteiger partial charge < -0.3 is 14.6 Å². The normalized spacial score (nSPS) is 14.8. The molecular weight excluding hydrogens is 364 g/mol. The Hall–Kier alpha value is -2.98. The molecule has 0 saturated carbocycles. The highest BCUT2D eigenvalue weighted by atomic mass is 16.5. The third-order valence-electron chi connectivity index (χ3n) is 5.73. The maximum Gasteiger partial charge on any atom is 0.234 e. The summed E-state index contributed by atoms with van der Waals surface area (Å²) in [5.41, 5.74) is 4.02. The second kappa shape index (κ2) is 8.18. The lowest BCUT2D eigenvalue weighted by Gasteiger charge is -2.22. The van der Waals surface area contributed by atoms with Gasteiger partial charge in [-0.1, -0.05) is 0 Å². The zero-order valence-electron chi connectivity index (χ0n) is 17.2. The fourth-order valence-corrected chi connectivity index (χ4v) is 3.89. The molecule has 7 nitrogen and oxygen atoms in total. The Labute approximate surface area is 170 Å². The monoisotopic (exact) mass is 390 g/mol. The predicted octanol–water partition coefficient (Wildman–Crippen LogP) is 3.29.